The molecule has 1 aromatic heterocycles. The predicted molar refractivity (Wildman–Crippen MR) is 78.7 cm³/mol. The van der Waals surface area contributed by atoms with Gasteiger partial charge in [0.15, 0.2) is 0 Å². The van der Waals surface area contributed by atoms with E-state index in [2.05, 4.69) is 11.3 Å². The van der Waals surface area contributed by atoms with E-state index >= 15 is 0 Å². The van der Waals surface area contributed by atoms with Crippen molar-refractivity contribution in [2.24, 2.45) is 5.92 Å². The maximum atomic E-state index is 12.2. The van der Waals surface area contributed by atoms with E-state index in [9.17, 15) is 13.5 Å². The first-order valence-corrected chi connectivity index (χ1v) is 8.63. The van der Waals surface area contributed by atoms with Crippen LogP contribution in [0.1, 0.15) is 26.7 Å². The van der Waals surface area contributed by atoms with Crippen molar-refractivity contribution in [1.82, 2.24) is 4.72 Å². The molecule has 1 aromatic rings. The fourth-order valence-electron chi connectivity index (χ4n) is 1.80. The SMILES string of the molecule is C=CCC(O)C(NS(=O)(=O)c1cccs1)[C@@H](C)CC. The highest BCUT2D eigenvalue weighted by Gasteiger charge is 2.29. The molecule has 1 heterocycles. The zero-order valence-electron chi connectivity index (χ0n) is 11.2. The van der Waals surface area contributed by atoms with Crippen molar-refractivity contribution in [3.63, 3.8) is 0 Å². The molecule has 0 saturated carbocycles. The van der Waals surface area contributed by atoms with Crippen molar-refractivity contribution in [1.29, 1.82) is 0 Å². The van der Waals surface area contributed by atoms with Crippen LogP contribution in [-0.2, 0) is 10.0 Å². The Bertz CT molecular complexity index is 482. The van der Waals surface area contributed by atoms with Gasteiger partial charge in [-0.15, -0.1) is 17.9 Å². The number of aliphatic hydroxyl groups is 1. The average Bonchev–Trinajstić information content (AvgIpc) is 2.90. The molecule has 1 rings (SSSR count). The van der Waals surface area contributed by atoms with Crippen LogP contribution in [0.3, 0.4) is 0 Å². The van der Waals surface area contributed by atoms with Gasteiger partial charge in [0.2, 0.25) is 10.0 Å². The lowest BCUT2D eigenvalue weighted by molar-refractivity contribution is 0.114. The van der Waals surface area contributed by atoms with E-state index in [1.165, 1.54) is 0 Å². The summed E-state index contributed by atoms with van der Waals surface area (Å²) in [5.41, 5.74) is 0. The molecular weight excluding hydrogens is 282 g/mol. The molecule has 6 heteroatoms. The van der Waals surface area contributed by atoms with Crippen molar-refractivity contribution in [2.45, 2.75) is 43.0 Å². The number of aliphatic hydroxyl groups excluding tert-OH is 1. The summed E-state index contributed by atoms with van der Waals surface area (Å²) in [7, 11) is -3.56. The summed E-state index contributed by atoms with van der Waals surface area (Å²) in [5.74, 6) is 0.0460. The van der Waals surface area contributed by atoms with Gasteiger partial charge in [0.25, 0.3) is 0 Å². The summed E-state index contributed by atoms with van der Waals surface area (Å²) in [4.78, 5) is 0. The second-order valence-corrected chi connectivity index (χ2v) is 7.44. The molecule has 0 bridgehead atoms. The van der Waals surface area contributed by atoms with Crippen molar-refractivity contribution < 1.29 is 13.5 Å². The van der Waals surface area contributed by atoms with Crippen LogP contribution >= 0.6 is 11.3 Å². The first-order valence-electron chi connectivity index (χ1n) is 6.27. The van der Waals surface area contributed by atoms with Gasteiger partial charge in [-0.1, -0.05) is 32.4 Å². The Kier molecular flexibility index (Phi) is 6.19. The van der Waals surface area contributed by atoms with Crippen molar-refractivity contribution in [2.75, 3.05) is 0 Å². The molecule has 0 fully saturated rings. The maximum absolute atomic E-state index is 12.2. The van der Waals surface area contributed by atoms with E-state index in [-0.39, 0.29) is 10.1 Å². The zero-order chi connectivity index (χ0) is 14.5. The third-order valence-electron chi connectivity index (χ3n) is 3.13. The lowest BCUT2D eigenvalue weighted by atomic mass is 9.94. The van der Waals surface area contributed by atoms with E-state index in [0.29, 0.717) is 6.42 Å². The van der Waals surface area contributed by atoms with Crippen LogP contribution in [0.5, 0.6) is 0 Å². The van der Waals surface area contributed by atoms with Crippen molar-refractivity contribution in [3.8, 4) is 0 Å². The summed E-state index contributed by atoms with van der Waals surface area (Å²) >= 11 is 1.16. The van der Waals surface area contributed by atoms with E-state index in [1.54, 1.807) is 23.6 Å². The molecule has 0 saturated heterocycles. The Balaban J connectivity index is 2.91. The maximum Gasteiger partial charge on any atom is 0.250 e. The number of sulfonamides is 1. The Morgan fingerprint density at radius 2 is 2.26 bits per heavy atom. The first-order chi connectivity index (χ1) is 8.92. The quantitative estimate of drug-likeness (QED) is 0.725. The van der Waals surface area contributed by atoms with E-state index < -0.39 is 22.2 Å². The molecule has 2 N–H and O–H groups in total. The van der Waals surface area contributed by atoms with Crippen LogP contribution < -0.4 is 4.72 Å². The van der Waals surface area contributed by atoms with Crippen LogP contribution in [0.4, 0.5) is 0 Å². The van der Waals surface area contributed by atoms with Crippen LogP contribution in [0.25, 0.3) is 0 Å². The molecule has 3 atom stereocenters. The van der Waals surface area contributed by atoms with Gasteiger partial charge in [-0.3, -0.25) is 0 Å². The minimum absolute atomic E-state index is 0.0460. The highest BCUT2D eigenvalue weighted by Crippen LogP contribution is 2.20. The molecular formula is C13H21NO3S2. The molecule has 4 nitrogen and oxygen atoms in total. The molecule has 0 aromatic carbocycles. The van der Waals surface area contributed by atoms with Gasteiger partial charge in [-0.25, -0.2) is 13.1 Å². The number of thiophene rings is 1. The van der Waals surface area contributed by atoms with Gasteiger partial charge in [0, 0.05) is 0 Å². The summed E-state index contributed by atoms with van der Waals surface area (Å²) < 4.78 is 27.3. The predicted octanol–water partition coefficient (Wildman–Crippen LogP) is 2.38. The minimum atomic E-state index is -3.56. The Hall–Kier alpha value is -0.690. The normalized spacial score (nSPS) is 16.8. The lowest BCUT2D eigenvalue weighted by Gasteiger charge is -2.28. The summed E-state index contributed by atoms with van der Waals surface area (Å²) in [6, 6.07) is 2.74. The monoisotopic (exact) mass is 303 g/mol. The van der Waals surface area contributed by atoms with Gasteiger partial charge in [-0.05, 0) is 23.8 Å². The van der Waals surface area contributed by atoms with Crippen LogP contribution in [0, 0.1) is 5.92 Å². The fourth-order valence-corrected chi connectivity index (χ4v) is 4.19. The number of rotatable bonds is 8. The summed E-state index contributed by atoms with van der Waals surface area (Å²) in [6.07, 6.45) is 1.98. The molecule has 0 aliphatic carbocycles. The van der Waals surface area contributed by atoms with E-state index in [1.807, 2.05) is 13.8 Å². The Labute approximate surface area is 119 Å². The average molecular weight is 303 g/mol. The van der Waals surface area contributed by atoms with Crippen molar-refractivity contribution in [3.05, 3.63) is 30.2 Å². The molecule has 0 aliphatic heterocycles. The molecule has 19 heavy (non-hydrogen) atoms. The Morgan fingerprint density at radius 3 is 2.74 bits per heavy atom. The highest BCUT2D eigenvalue weighted by molar-refractivity contribution is 7.91. The van der Waals surface area contributed by atoms with Gasteiger partial charge in [-0.2, -0.15) is 0 Å². The molecule has 0 spiro atoms. The lowest BCUT2D eigenvalue weighted by Crippen LogP contribution is -2.46. The van der Waals surface area contributed by atoms with Crippen LogP contribution in [-0.4, -0.2) is 25.7 Å². The molecule has 0 aliphatic rings. The number of nitrogens with one attached hydrogen (secondary N) is 1. The molecule has 2 unspecified atom stereocenters. The van der Waals surface area contributed by atoms with E-state index in [0.717, 1.165) is 17.8 Å². The third kappa shape index (κ3) is 4.42. The summed E-state index contributed by atoms with van der Waals surface area (Å²) in [6.45, 7) is 7.47. The van der Waals surface area contributed by atoms with Gasteiger partial charge in [0.1, 0.15) is 4.21 Å². The first kappa shape index (κ1) is 16.4. The second kappa shape index (κ2) is 7.19. The smallest absolute Gasteiger partial charge is 0.250 e. The third-order valence-corrected chi connectivity index (χ3v) is 5.99. The van der Waals surface area contributed by atoms with Gasteiger partial charge < -0.3 is 5.11 Å². The van der Waals surface area contributed by atoms with Crippen LogP contribution in [0.15, 0.2) is 34.4 Å². The summed E-state index contributed by atoms with van der Waals surface area (Å²) in [5, 5.41) is 11.8. The van der Waals surface area contributed by atoms with Gasteiger partial charge in [0.05, 0.1) is 12.1 Å². The fraction of sp³-hybridized carbons (Fsp3) is 0.538. The second-order valence-electron chi connectivity index (χ2n) is 4.56. The van der Waals surface area contributed by atoms with E-state index in [4.69, 9.17) is 0 Å². The number of hydrogen-bond donors (Lipinski definition) is 2. The molecule has 108 valence electrons. The highest BCUT2D eigenvalue weighted by atomic mass is 32.2. The minimum Gasteiger partial charge on any atom is -0.391 e. The molecule has 0 amide bonds. The standard InChI is InChI=1S/C13H21NO3S2/c1-4-7-11(15)13(10(3)5-2)14-19(16,17)12-8-6-9-18-12/h4,6,8-11,13-15H,1,5,7H2,2-3H3/t10-,11?,13?/m0/s1. The van der Waals surface area contributed by atoms with Gasteiger partial charge >= 0.3 is 0 Å². The largest absolute Gasteiger partial charge is 0.391 e. The Morgan fingerprint density at radius 1 is 1.58 bits per heavy atom. The van der Waals surface area contributed by atoms with Crippen molar-refractivity contribution >= 4 is 21.4 Å². The molecule has 0 radical (unpaired) electrons. The number of hydrogen-bond acceptors (Lipinski definition) is 4. The zero-order valence-corrected chi connectivity index (χ0v) is 12.9. The van der Waals surface area contributed by atoms with Crippen LogP contribution in [0.2, 0.25) is 0 Å². The topological polar surface area (TPSA) is 66.4 Å².